The zero-order valence-corrected chi connectivity index (χ0v) is 20.7. The van der Waals surface area contributed by atoms with E-state index in [1.54, 1.807) is 30.3 Å². The van der Waals surface area contributed by atoms with Crippen LogP contribution in [-0.2, 0) is 0 Å². The van der Waals surface area contributed by atoms with Crippen molar-refractivity contribution >= 4 is 35.1 Å². The van der Waals surface area contributed by atoms with Crippen molar-refractivity contribution < 1.29 is 19.1 Å². The Morgan fingerprint density at radius 1 is 0.943 bits per heavy atom. The van der Waals surface area contributed by atoms with E-state index in [2.05, 4.69) is 12.2 Å². The predicted octanol–water partition coefficient (Wildman–Crippen LogP) is 6.17. The first-order chi connectivity index (χ1) is 16.9. The fraction of sp³-hybridized carbons (Fsp3) is 0.250. The van der Waals surface area contributed by atoms with Gasteiger partial charge in [-0.2, -0.15) is 0 Å². The molecule has 0 fully saturated rings. The van der Waals surface area contributed by atoms with E-state index in [0.29, 0.717) is 22.6 Å². The van der Waals surface area contributed by atoms with E-state index < -0.39 is 6.09 Å². The van der Waals surface area contributed by atoms with Crippen molar-refractivity contribution in [3.8, 4) is 5.75 Å². The molecule has 35 heavy (non-hydrogen) atoms. The summed E-state index contributed by atoms with van der Waals surface area (Å²) in [4.78, 5) is 40.8. The highest BCUT2D eigenvalue weighted by Crippen LogP contribution is 2.43. The molecule has 0 spiro atoms. The smallest absolute Gasteiger partial charge is 0.408 e. The van der Waals surface area contributed by atoms with E-state index in [0.717, 1.165) is 36.1 Å². The van der Waals surface area contributed by atoms with E-state index in [1.165, 1.54) is 11.8 Å². The number of unbranched alkanes of at least 4 members (excludes halogenated alkanes) is 3. The summed E-state index contributed by atoms with van der Waals surface area (Å²) in [7, 11) is 0. The summed E-state index contributed by atoms with van der Waals surface area (Å²) in [5.41, 5.74) is 8.40. The van der Waals surface area contributed by atoms with Crippen molar-refractivity contribution in [2.24, 2.45) is 0 Å². The van der Waals surface area contributed by atoms with Crippen LogP contribution in [0, 0.1) is 6.92 Å². The van der Waals surface area contributed by atoms with Crippen LogP contribution in [0.15, 0.2) is 64.4 Å². The maximum absolute atomic E-state index is 13.5. The molecule has 7 heteroatoms. The average Bonchev–Trinajstić information content (AvgIpc) is 2.85. The molecule has 1 aliphatic carbocycles. The highest BCUT2D eigenvalue weighted by Gasteiger charge is 2.35. The van der Waals surface area contributed by atoms with Gasteiger partial charge in [0.15, 0.2) is 17.3 Å². The number of nitrogen functional groups attached to an aromatic ring is 1. The molecule has 0 heterocycles. The van der Waals surface area contributed by atoms with Crippen LogP contribution in [0.4, 0.5) is 10.5 Å². The van der Waals surface area contributed by atoms with E-state index in [-0.39, 0.29) is 34.1 Å². The number of ketones is 2. The summed E-state index contributed by atoms with van der Waals surface area (Å²) in [5.74, 6) is -0.572. The van der Waals surface area contributed by atoms with Crippen molar-refractivity contribution in [3.63, 3.8) is 0 Å². The van der Waals surface area contributed by atoms with Gasteiger partial charge in [0.25, 0.3) is 0 Å². The van der Waals surface area contributed by atoms with Crippen LogP contribution in [0.2, 0.25) is 0 Å². The lowest BCUT2D eigenvalue weighted by atomic mass is 9.83. The van der Waals surface area contributed by atoms with Crippen LogP contribution in [-0.4, -0.2) is 24.2 Å². The normalized spacial score (nSPS) is 12.2. The summed E-state index contributed by atoms with van der Waals surface area (Å²) in [6.07, 6.45) is 3.43. The molecule has 180 valence electrons. The number of fused-ring (bicyclic) bond motifs is 2. The molecule has 1 amide bonds. The van der Waals surface area contributed by atoms with Crippen LogP contribution in [0.5, 0.6) is 5.75 Å². The molecule has 3 aromatic carbocycles. The third kappa shape index (κ3) is 5.25. The predicted molar refractivity (Wildman–Crippen MR) is 138 cm³/mol. The van der Waals surface area contributed by atoms with Gasteiger partial charge >= 0.3 is 6.09 Å². The van der Waals surface area contributed by atoms with Crippen molar-refractivity contribution in [1.82, 2.24) is 5.32 Å². The van der Waals surface area contributed by atoms with E-state index in [1.807, 2.05) is 31.2 Å². The van der Waals surface area contributed by atoms with Gasteiger partial charge < -0.3 is 15.8 Å². The Balaban J connectivity index is 1.72. The Kier molecular flexibility index (Phi) is 7.56. The average molecular weight is 489 g/mol. The molecule has 3 aromatic rings. The molecule has 6 nitrogen and oxygen atoms in total. The Hall–Kier alpha value is -3.58. The van der Waals surface area contributed by atoms with Gasteiger partial charge in [0.1, 0.15) is 0 Å². The number of benzene rings is 3. The molecule has 0 unspecified atom stereocenters. The molecule has 0 aliphatic heterocycles. The third-order valence-corrected chi connectivity index (χ3v) is 6.96. The van der Waals surface area contributed by atoms with Gasteiger partial charge in [0.2, 0.25) is 0 Å². The first-order valence-electron chi connectivity index (χ1n) is 11.8. The van der Waals surface area contributed by atoms with E-state index in [9.17, 15) is 14.4 Å². The van der Waals surface area contributed by atoms with Crippen LogP contribution in [0.1, 0.15) is 70.0 Å². The number of hydrogen-bond donors (Lipinski definition) is 2. The second-order valence-electron chi connectivity index (χ2n) is 8.53. The molecule has 0 bridgehead atoms. The SMILES string of the molecule is CCCCCCNC(=O)Oc1cc(Sc2ccc(C)cc2)c2c(c1N)C(=O)c1ccccc1C2=O. The number of nitrogens with two attached hydrogens (primary N) is 1. The van der Waals surface area contributed by atoms with Gasteiger partial charge in [-0.15, -0.1) is 0 Å². The van der Waals surface area contributed by atoms with Gasteiger partial charge in [-0.05, 0) is 31.5 Å². The lowest BCUT2D eigenvalue weighted by Crippen LogP contribution is -2.29. The number of rotatable bonds is 8. The molecule has 3 N–H and O–H groups in total. The summed E-state index contributed by atoms with van der Waals surface area (Å²) in [6.45, 7) is 4.60. The number of ether oxygens (including phenoxy) is 1. The van der Waals surface area contributed by atoms with Crippen LogP contribution in [0.25, 0.3) is 0 Å². The second kappa shape index (κ2) is 10.8. The maximum Gasteiger partial charge on any atom is 0.412 e. The minimum Gasteiger partial charge on any atom is -0.408 e. The van der Waals surface area contributed by atoms with Crippen LogP contribution >= 0.6 is 11.8 Å². The Morgan fingerprint density at radius 3 is 2.26 bits per heavy atom. The summed E-state index contributed by atoms with van der Waals surface area (Å²) < 4.78 is 5.53. The van der Waals surface area contributed by atoms with Crippen LogP contribution < -0.4 is 15.8 Å². The number of aryl methyl sites for hydroxylation is 1. The van der Waals surface area contributed by atoms with Crippen LogP contribution in [0.3, 0.4) is 0 Å². The Labute approximate surface area is 209 Å². The molecular formula is C28H28N2O4S. The first kappa shape index (κ1) is 24.5. The van der Waals surface area contributed by atoms with E-state index >= 15 is 0 Å². The minimum atomic E-state index is -0.644. The highest BCUT2D eigenvalue weighted by atomic mass is 32.2. The van der Waals surface area contributed by atoms with Gasteiger partial charge in [0, 0.05) is 27.5 Å². The third-order valence-electron chi connectivity index (χ3n) is 5.91. The molecule has 0 atom stereocenters. The molecule has 1 aliphatic rings. The minimum absolute atomic E-state index is 0.0118. The monoisotopic (exact) mass is 488 g/mol. The fourth-order valence-corrected chi connectivity index (χ4v) is 5.03. The van der Waals surface area contributed by atoms with Crippen molar-refractivity contribution in [2.45, 2.75) is 49.3 Å². The molecule has 0 saturated heterocycles. The summed E-state index contributed by atoms with van der Waals surface area (Å²) >= 11 is 1.33. The van der Waals surface area contributed by atoms with E-state index in [4.69, 9.17) is 10.5 Å². The van der Waals surface area contributed by atoms with Crippen molar-refractivity contribution in [3.05, 3.63) is 82.4 Å². The molecule has 0 aromatic heterocycles. The lowest BCUT2D eigenvalue weighted by Gasteiger charge is -2.23. The number of amides is 1. The zero-order chi connectivity index (χ0) is 24.9. The highest BCUT2D eigenvalue weighted by molar-refractivity contribution is 7.99. The molecule has 4 rings (SSSR count). The first-order valence-corrected chi connectivity index (χ1v) is 12.6. The van der Waals surface area contributed by atoms with Crippen molar-refractivity contribution in [1.29, 1.82) is 0 Å². The largest absolute Gasteiger partial charge is 0.412 e. The van der Waals surface area contributed by atoms with Gasteiger partial charge in [-0.1, -0.05) is 79.9 Å². The van der Waals surface area contributed by atoms with Gasteiger partial charge in [0.05, 0.1) is 16.8 Å². The van der Waals surface area contributed by atoms with Gasteiger partial charge in [-0.25, -0.2) is 4.79 Å². The molecular weight excluding hydrogens is 460 g/mol. The Bertz CT molecular complexity index is 1280. The fourth-order valence-electron chi connectivity index (χ4n) is 4.04. The number of anilines is 1. The maximum atomic E-state index is 13.5. The quantitative estimate of drug-likeness (QED) is 0.227. The number of hydrogen-bond acceptors (Lipinski definition) is 6. The number of carbonyl (C=O) groups excluding carboxylic acids is 3. The molecule has 0 radical (unpaired) electrons. The standard InChI is InChI=1S/C28H28N2O4S/c1-3-4-5-8-15-30-28(33)34-21-16-22(35-18-13-11-17(2)12-14-18)23-24(25(21)29)27(32)20-10-7-6-9-19(20)26(23)31/h6-7,9-14,16H,3-5,8,15,29H2,1-2H3,(H,30,33). The lowest BCUT2D eigenvalue weighted by molar-refractivity contribution is 0.0977. The summed E-state index contributed by atoms with van der Waals surface area (Å²) in [5, 5.41) is 2.73. The molecule has 0 saturated carbocycles. The Morgan fingerprint density at radius 2 is 1.60 bits per heavy atom. The van der Waals surface area contributed by atoms with Crippen molar-refractivity contribution in [2.75, 3.05) is 12.3 Å². The van der Waals surface area contributed by atoms with Gasteiger partial charge in [-0.3, -0.25) is 9.59 Å². The summed E-state index contributed by atoms with van der Waals surface area (Å²) in [6, 6.07) is 16.1. The number of carbonyl (C=O) groups is 3. The zero-order valence-electron chi connectivity index (χ0n) is 19.9. The topological polar surface area (TPSA) is 98.5 Å². The number of nitrogens with one attached hydrogen (secondary N) is 1. The second-order valence-corrected chi connectivity index (χ2v) is 9.65.